The average Bonchev–Trinajstić information content (AvgIpc) is 2.75. The van der Waals surface area contributed by atoms with Crippen LogP contribution in [0, 0.1) is 0 Å². The fourth-order valence-corrected chi connectivity index (χ4v) is 4.79. The molecule has 4 rings (SSSR count). The van der Waals surface area contributed by atoms with Gasteiger partial charge in [0.15, 0.2) is 0 Å². The molecule has 3 aliphatic heterocycles. The zero-order chi connectivity index (χ0) is 19.3. The molecule has 0 atom stereocenters. The van der Waals surface area contributed by atoms with Crippen LogP contribution in [0.25, 0.3) is 0 Å². The number of carbonyl (C=O) groups is 1. The molecule has 0 unspecified atom stereocenters. The molecule has 0 bridgehead atoms. The molecule has 6 heteroatoms. The Morgan fingerprint density at radius 3 is 2.43 bits per heavy atom. The summed E-state index contributed by atoms with van der Waals surface area (Å²) in [6, 6.07) is 6.08. The monoisotopic (exact) mass is 406 g/mol. The molecule has 3 saturated heterocycles. The fourth-order valence-electron chi connectivity index (χ4n) is 4.63. The maximum absolute atomic E-state index is 13.0. The summed E-state index contributed by atoms with van der Waals surface area (Å²) in [6.45, 7) is 5.53. The first-order valence-electron chi connectivity index (χ1n) is 10.8. The van der Waals surface area contributed by atoms with Crippen LogP contribution in [0.2, 0.25) is 5.02 Å². The molecule has 1 aromatic carbocycles. The van der Waals surface area contributed by atoms with Crippen molar-refractivity contribution in [2.75, 3.05) is 39.4 Å². The largest absolute Gasteiger partial charge is 0.489 e. The van der Waals surface area contributed by atoms with Crippen molar-refractivity contribution in [3.63, 3.8) is 0 Å². The number of rotatable bonds is 4. The minimum absolute atomic E-state index is 0.0750. The number of carbonyl (C=O) groups excluding carboxylic acids is 1. The Hall–Kier alpha value is -1.30. The molecule has 0 radical (unpaired) electrons. The van der Waals surface area contributed by atoms with E-state index in [0.29, 0.717) is 22.4 Å². The van der Waals surface area contributed by atoms with Gasteiger partial charge in [-0.3, -0.25) is 9.69 Å². The van der Waals surface area contributed by atoms with Crippen molar-refractivity contribution in [3.8, 4) is 5.75 Å². The summed E-state index contributed by atoms with van der Waals surface area (Å²) < 4.78 is 11.8. The van der Waals surface area contributed by atoms with Crippen molar-refractivity contribution in [3.05, 3.63) is 28.8 Å². The number of hydrogen-bond donors (Lipinski definition) is 0. The van der Waals surface area contributed by atoms with Crippen molar-refractivity contribution in [2.45, 2.75) is 57.1 Å². The summed E-state index contributed by atoms with van der Waals surface area (Å²) in [5.41, 5.74) is 0.651. The topological polar surface area (TPSA) is 42.0 Å². The Morgan fingerprint density at radius 2 is 1.71 bits per heavy atom. The van der Waals surface area contributed by atoms with Crippen LogP contribution in [-0.2, 0) is 4.74 Å². The standard InChI is InChI=1S/C22H31ClN2O3/c23-17-4-5-20(22(26)25-10-2-1-3-11-25)21(16-17)28-19-6-12-24(13-7-19)18-8-14-27-15-9-18/h4-5,16,18-19H,1-3,6-15H2. The Labute approximate surface area is 172 Å². The molecule has 0 saturated carbocycles. The van der Waals surface area contributed by atoms with Gasteiger partial charge in [-0.25, -0.2) is 0 Å². The normalized spacial score (nSPS) is 23.0. The van der Waals surface area contributed by atoms with Crippen molar-refractivity contribution in [1.82, 2.24) is 9.80 Å². The molecule has 1 aromatic rings. The van der Waals surface area contributed by atoms with Gasteiger partial charge in [0, 0.05) is 50.5 Å². The first-order chi connectivity index (χ1) is 13.7. The number of hydrogen-bond acceptors (Lipinski definition) is 4. The predicted octanol–water partition coefficient (Wildman–Crippen LogP) is 3.99. The summed E-state index contributed by atoms with van der Waals surface area (Å²) in [7, 11) is 0. The molecule has 0 aromatic heterocycles. The highest BCUT2D eigenvalue weighted by Gasteiger charge is 2.29. The summed E-state index contributed by atoms with van der Waals surface area (Å²) >= 11 is 6.22. The van der Waals surface area contributed by atoms with Crippen molar-refractivity contribution in [2.24, 2.45) is 0 Å². The third kappa shape index (κ3) is 4.81. The van der Waals surface area contributed by atoms with Gasteiger partial charge in [0.05, 0.1) is 5.56 Å². The van der Waals surface area contributed by atoms with Crippen molar-refractivity contribution >= 4 is 17.5 Å². The summed E-state index contributed by atoms with van der Waals surface area (Å²) in [5.74, 6) is 0.721. The quantitative estimate of drug-likeness (QED) is 0.758. The van der Waals surface area contributed by atoms with E-state index in [2.05, 4.69) is 4.90 Å². The Kier molecular flexibility index (Phi) is 6.76. The van der Waals surface area contributed by atoms with Gasteiger partial charge >= 0.3 is 0 Å². The lowest BCUT2D eigenvalue weighted by Crippen LogP contribution is -2.46. The molecule has 0 N–H and O–H groups in total. The first kappa shape index (κ1) is 20.0. The van der Waals surface area contributed by atoms with E-state index in [0.717, 1.165) is 77.9 Å². The second kappa shape index (κ2) is 9.47. The van der Waals surface area contributed by atoms with E-state index in [-0.39, 0.29) is 12.0 Å². The lowest BCUT2D eigenvalue weighted by Gasteiger charge is -2.39. The summed E-state index contributed by atoms with van der Waals surface area (Å²) in [6.07, 6.45) is 7.76. The number of ether oxygens (including phenoxy) is 2. The zero-order valence-electron chi connectivity index (χ0n) is 16.6. The third-order valence-corrected chi connectivity index (χ3v) is 6.53. The molecule has 3 aliphatic rings. The van der Waals surface area contributed by atoms with Gasteiger partial charge in [0.25, 0.3) is 5.91 Å². The molecule has 0 spiro atoms. The molecule has 5 nitrogen and oxygen atoms in total. The maximum atomic E-state index is 13.0. The SMILES string of the molecule is O=C(c1ccc(Cl)cc1OC1CCN(C2CCOCC2)CC1)N1CCCCC1. The molecular weight excluding hydrogens is 376 g/mol. The number of nitrogens with zero attached hydrogens (tertiary/aromatic N) is 2. The van der Waals surface area contributed by atoms with E-state index in [1.165, 1.54) is 6.42 Å². The van der Waals surface area contributed by atoms with Crippen LogP contribution in [-0.4, -0.2) is 67.2 Å². The Bertz CT molecular complexity index is 664. The Balaban J connectivity index is 1.39. The predicted molar refractivity (Wildman–Crippen MR) is 110 cm³/mol. The smallest absolute Gasteiger partial charge is 0.257 e. The molecule has 3 heterocycles. The van der Waals surface area contributed by atoms with Crippen molar-refractivity contribution in [1.29, 1.82) is 0 Å². The lowest BCUT2D eigenvalue weighted by molar-refractivity contribution is 0.00995. The first-order valence-corrected chi connectivity index (χ1v) is 11.2. The lowest BCUT2D eigenvalue weighted by atomic mass is 10.0. The van der Waals surface area contributed by atoms with E-state index >= 15 is 0 Å². The highest BCUT2D eigenvalue weighted by molar-refractivity contribution is 6.30. The Morgan fingerprint density at radius 1 is 1.00 bits per heavy atom. The van der Waals surface area contributed by atoms with Crippen LogP contribution in [0.1, 0.15) is 55.3 Å². The fraction of sp³-hybridized carbons (Fsp3) is 0.682. The van der Waals surface area contributed by atoms with Crippen LogP contribution in [0.3, 0.4) is 0 Å². The molecule has 0 aliphatic carbocycles. The summed E-state index contributed by atoms with van der Waals surface area (Å²) in [4.78, 5) is 17.6. The highest BCUT2D eigenvalue weighted by Crippen LogP contribution is 2.29. The molecular formula is C22H31ClN2O3. The second-order valence-electron chi connectivity index (χ2n) is 8.19. The van der Waals surface area contributed by atoms with Gasteiger partial charge in [-0.05, 0) is 63.1 Å². The van der Waals surface area contributed by atoms with E-state index in [1.807, 2.05) is 17.0 Å². The number of benzene rings is 1. The number of halogens is 1. The van der Waals surface area contributed by atoms with Gasteiger partial charge in [-0.2, -0.15) is 0 Å². The number of amides is 1. The van der Waals surface area contributed by atoms with Crippen LogP contribution in [0.15, 0.2) is 18.2 Å². The van der Waals surface area contributed by atoms with Gasteiger partial charge in [0.2, 0.25) is 0 Å². The highest BCUT2D eigenvalue weighted by atomic mass is 35.5. The number of likely N-dealkylation sites (tertiary alicyclic amines) is 2. The molecule has 3 fully saturated rings. The molecule has 1 amide bonds. The maximum Gasteiger partial charge on any atom is 0.257 e. The minimum atomic E-state index is 0.0750. The zero-order valence-corrected chi connectivity index (χ0v) is 17.3. The van der Waals surface area contributed by atoms with Crippen LogP contribution in [0.5, 0.6) is 5.75 Å². The molecule has 28 heavy (non-hydrogen) atoms. The second-order valence-corrected chi connectivity index (χ2v) is 8.63. The van der Waals surface area contributed by atoms with Gasteiger partial charge in [-0.15, -0.1) is 0 Å². The van der Waals surface area contributed by atoms with Crippen LogP contribution >= 0.6 is 11.6 Å². The summed E-state index contributed by atoms with van der Waals surface area (Å²) in [5, 5.41) is 0.616. The number of piperidine rings is 2. The minimum Gasteiger partial charge on any atom is -0.489 e. The van der Waals surface area contributed by atoms with Gasteiger partial charge in [0.1, 0.15) is 11.9 Å². The van der Waals surface area contributed by atoms with Crippen molar-refractivity contribution < 1.29 is 14.3 Å². The van der Waals surface area contributed by atoms with E-state index in [1.54, 1.807) is 6.07 Å². The van der Waals surface area contributed by atoms with Crippen LogP contribution < -0.4 is 4.74 Å². The van der Waals surface area contributed by atoms with E-state index in [9.17, 15) is 4.79 Å². The van der Waals surface area contributed by atoms with Gasteiger partial charge < -0.3 is 14.4 Å². The van der Waals surface area contributed by atoms with Gasteiger partial charge in [-0.1, -0.05) is 11.6 Å². The molecule has 154 valence electrons. The van der Waals surface area contributed by atoms with E-state index < -0.39 is 0 Å². The third-order valence-electron chi connectivity index (χ3n) is 6.29. The van der Waals surface area contributed by atoms with E-state index in [4.69, 9.17) is 21.1 Å². The average molecular weight is 407 g/mol. The van der Waals surface area contributed by atoms with Crippen LogP contribution in [0.4, 0.5) is 0 Å².